The Kier molecular flexibility index (Phi) is 8.74. The van der Waals surface area contributed by atoms with Crippen LogP contribution in [-0.4, -0.2) is 13.2 Å². The SMILES string of the molecule is C=CCCCOc1ccc(C2CCC(COc3ccc(-c4ccc(C)cc4)c(F)c3F)CC2)cc1F. The average Bonchev–Trinajstić information content (AvgIpc) is 2.89. The Hall–Kier alpha value is -3.21. The molecule has 5 heteroatoms. The summed E-state index contributed by atoms with van der Waals surface area (Å²) in [6.45, 7) is 6.42. The molecule has 190 valence electrons. The van der Waals surface area contributed by atoms with Gasteiger partial charge in [0, 0.05) is 5.56 Å². The molecule has 1 aliphatic carbocycles. The molecule has 0 bridgehead atoms. The fraction of sp³-hybridized carbons (Fsp3) is 0.355. The van der Waals surface area contributed by atoms with Crippen LogP contribution in [0.5, 0.6) is 11.5 Å². The summed E-state index contributed by atoms with van der Waals surface area (Å²) in [5.41, 5.74) is 2.89. The lowest BCUT2D eigenvalue weighted by molar-refractivity contribution is 0.192. The molecule has 0 aromatic heterocycles. The summed E-state index contributed by atoms with van der Waals surface area (Å²) in [5, 5.41) is 0. The van der Waals surface area contributed by atoms with Crippen molar-refractivity contribution < 1.29 is 22.6 Å². The second-order valence-corrected chi connectivity index (χ2v) is 9.60. The molecule has 1 fully saturated rings. The molecule has 3 aromatic carbocycles. The Bertz CT molecular complexity index is 1170. The maximum absolute atomic E-state index is 14.7. The van der Waals surface area contributed by atoms with Gasteiger partial charge in [0.05, 0.1) is 13.2 Å². The second-order valence-electron chi connectivity index (χ2n) is 9.60. The van der Waals surface area contributed by atoms with Crippen molar-refractivity contribution in [2.45, 2.75) is 51.4 Å². The Balaban J connectivity index is 1.29. The predicted octanol–water partition coefficient (Wildman–Crippen LogP) is 8.78. The highest BCUT2D eigenvalue weighted by molar-refractivity contribution is 5.65. The van der Waals surface area contributed by atoms with Crippen molar-refractivity contribution in [2.24, 2.45) is 5.92 Å². The topological polar surface area (TPSA) is 18.5 Å². The summed E-state index contributed by atoms with van der Waals surface area (Å²) in [5.74, 6) is -1.43. The lowest BCUT2D eigenvalue weighted by Crippen LogP contribution is -2.19. The quantitative estimate of drug-likeness (QED) is 0.207. The summed E-state index contributed by atoms with van der Waals surface area (Å²) in [6.07, 6.45) is 7.04. The molecule has 3 aromatic rings. The van der Waals surface area contributed by atoms with Gasteiger partial charge in [0.2, 0.25) is 5.82 Å². The number of rotatable bonds is 10. The van der Waals surface area contributed by atoms with Crippen LogP contribution in [-0.2, 0) is 0 Å². The van der Waals surface area contributed by atoms with Crippen molar-refractivity contribution in [3.05, 3.63) is 95.8 Å². The third-order valence-corrected chi connectivity index (χ3v) is 6.97. The molecule has 0 atom stereocenters. The van der Waals surface area contributed by atoms with Crippen LogP contribution in [0.4, 0.5) is 13.2 Å². The standard InChI is InChI=1S/C31H33F3O2/c1-3-4-5-18-35-28-16-14-25(19-27(28)32)23-12-8-22(9-13-23)20-36-29-17-15-26(30(33)31(29)34)24-10-6-21(2)7-11-24/h3,6-7,10-11,14-17,19,22-23H,1,4-5,8-9,12-13,18,20H2,2H3. The molecule has 0 amide bonds. The molecular weight excluding hydrogens is 461 g/mol. The highest BCUT2D eigenvalue weighted by Gasteiger charge is 2.24. The van der Waals surface area contributed by atoms with E-state index in [-0.39, 0.29) is 34.7 Å². The minimum Gasteiger partial charge on any atom is -0.491 e. The minimum absolute atomic E-state index is 0.0590. The molecule has 4 rings (SSSR count). The maximum Gasteiger partial charge on any atom is 0.201 e. The first-order valence-electron chi connectivity index (χ1n) is 12.7. The Morgan fingerprint density at radius 3 is 2.28 bits per heavy atom. The van der Waals surface area contributed by atoms with Gasteiger partial charge in [-0.1, -0.05) is 42.0 Å². The fourth-order valence-corrected chi connectivity index (χ4v) is 4.77. The third kappa shape index (κ3) is 6.31. The molecule has 0 aliphatic heterocycles. The van der Waals surface area contributed by atoms with E-state index >= 15 is 0 Å². The first-order chi connectivity index (χ1) is 17.5. The van der Waals surface area contributed by atoms with Crippen LogP contribution in [0.1, 0.15) is 55.6 Å². The van der Waals surface area contributed by atoms with Crippen LogP contribution in [0.25, 0.3) is 11.1 Å². The van der Waals surface area contributed by atoms with Crippen LogP contribution < -0.4 is 9.47 Å². The normalized spacial score (nSPS) is 17.6. The molecule has 0 unspecified atom stereocenters. The Morgan fingerprint density at radius 2 is 1.58 bits per heavy atom. The van der Waals surface area contributed by atoms with Gasteiger partial charge in [-0.15, -0.1) is 6.58 Å². The first kappa shape index (κ1) is 25.9. The fourth-order valence-electron chi connectivity index (χ4n) is 4.77. The molecular formula is C31H33F3O2. The monoisotopic (exact) mass is 494 g/mol. The summed E-state index contributed by atoms with van der Waals surface area (Å²) in [6, 6.07) is 15.6. The number of halogens is 3. The highest BCUT2D eigenvalue weighted by Crippen LogP contribution is 2.38. The second kappa shape index (κ2) is 12.2. The van der Waals surface area contributed by atoms with Crippen LogP contribution in [0.2, 0.25) is 0 Å². The third-order valence-electron chi connectivity index (χ3n) is 6.97. The Labute approximate surface area is 211 Å². The van der Waals surface area contributed by atoms with Crippen LogP contribution in [0, 0.1) is 30.3 Å². The molecule has 0 spiro atoms. The lowest BCUT2D eigenvalue weighted by atomic mass is 9.79. The van der Waals surface area contributed by atoms with E-state index in [0.29, 0.717) is 18.8 Å². The van der Waals surface area contributed by atoms with Crippen molar-refractivity contribution in [3.8, 4) is 22.6 Å². The van der Waals surface area contributed by atoms with E-state index in [1.807, 2.05) is 31.2 Å². The number of allylic oxidation sites excluding steroid dienone is 1. The van der Waals surface area contributed by atoms with E-state index in [1.54, 1.807) is 30.3 Å². The Morgan fingerprint density at radius 1 is 0.861 bits per heavy atom. The zero-order chi connectivity index (χ0) is 25.5. The molecule has 0 heterocycles. The van der Waals surface area contributed by atoms with Crippen molar-refractivity contribution in [1.82, 2.24) is 0 Å². The predicted molar refractivity (Wildman–Crippen MR) is 138 cm³/mol. The molecule has 0 N–H and O–H groups in total. The van der Waals surface area contributed by atoms with E-state index in [9.17, 15) is 13.2 Å². The van der Waals surface area contributed by atoms with Crippen LogP contribution >= 0.6 is 0 Å². The lowest BCUT2D eigenvalue weighted by Gasteiger charge is -2.29. The number of aryl methyl sites for hydroxylation is 1. The van der Waals surface area contributed by atoms with Crippen LogP contribution in [0.3, 0.4) is 0 Å². The van der Waals surface area contributed by atoms with E-state index in [4.69, 9.17) is 9.47 Å². The van der Waals surface area contributed by atoms with Gasteiger partial charge in [-0.3, -0.25) is 0 Å². The van der Waals surface area contributed by atoms with Crippen molar-refractivity contribution in [1.29, 1.82) is 0 Å². The van der Waals surface area contributed by atoms with Gasteiger partial charge < -0.3 is 9.47 Å². The van der Waals surface area contributed by atoms with Gasteiger partial charge in [0.15, 0.2) is 23.1 Å². The van der Waals surface area contributed by atoms with Gasteiger partial charge in [-0.2, -0.15) is 4.39 Å². The van der Waals surface area contributed by atoms with Gasteiger partial charge >= 0.3 is 0 Å². The molecule has 2 nitrogen and oxygen atoms in total. The number of hydrogen-bond donors (Lipinski definition) is 0. The van der Waals surface area contributed by atoms with E-state index in [2.05, 4.69) is 6.58 Å². The molecule has 1 aliphatic rings. The number of hydrogen-bond acceptors (Lipinski definition) is 2. The van der Waals surface area contributed by atoms with Crippen molar-refractivity contribution in [2.75, 3.05) is 13.2 Å². The summed E-state index contributed by atoms with van der Waals surface area (Å²) in [7, 11) is 0. The molecule has 36 heavy (non-hydrogen) atoms. The smallest absolute Gasteiger partial charge is 0.201 e. The largest absolute Gasteiger partial charge is 0.491 e. The summed E-state index contributed by atoms with van der Waals surface area (Å²) >= 11 is 0. The van der Waals surface area contributed by atoms with Crippen LogP contribution in [0.15, 0.2) is 67.3 Å². The first-order valence-corrected chi connectivity index (χ1v) is 12.7. The van der Waals surface area contributed by atoms with Gasteiger partial charge in [-0.05, 0) is 92.7 Å². The average molecular weight is 495 g/mol. The van der Waals surface area contributed by atoms with Crippen molar-refractivity contribution >= 4 is 0 Å². The number of unbranched alkanes of at least 4 members (excludes halogenated alkanes) is 1. The van der Waals surface area contributed by atoms with Crippen molar-refractivity contribution in [3.63, 3.8) is 0 Å². The number of ether oxygens (including phenoxy) is 2. The molecule has 0 saturated heterocycles. The van der Waals surface area contributed by atoms with Gasteiger partial charge in [0.25, 0.3) is 0 Å². The molecule has 1 saturated carbocycles. The maximum atomic E-state index is 14.7. The van der Waals surface area contributed by atoms with E-state index in [0.717, 1.165) is 49.7 Å². The molecule has 0 radical (unpaired) electrons. The zero-order valence-electron chi connectivity index (χ0n) is 20.7. The van der Waals surface area contributed by atoms with E-state index < -0.39 is 11.6 Å². The minimum atomic E-state index is -0.955. The van der Waals surface area contributed by atoms with Gasteiger partial charge in [-0.25, -0.2) is 8.78 Å². The van der Waals surface area contributed by atoms with Gasteiger partial charge in [0.1, 0.15) is 0 Å². The van der Waals surface area contributed by atoms with E-state index in [1.165, 1.54) is 6.07 Å². The highest BCUT2D eigenvalue weighted by atomic mass is 19.2. The summed E-state index contributed by atoms with van der Waals surface area (Å²) < 4.78 is 55.1. The zero-order valence-corrected chi connectivity index (χ0v) is 20.7. The summed E-state index contributed by atoms with van der Waals surface area (Å²) in [4.78, 5) is 0. The number of benzene rings is 3.